The van der Waals surface area contributed by atoms with E-state index in [0.717, 1.165) is 12.1 Å². The lowest BCUT2D eigenvalue weighted by molar-refractivity contribution is 0.282. The van der Waals surface area contributed by atoms with Gasteiger partial charge in [-0.25, -0.2) is 0 Å². The Morgan fingerprint density at radius 1 is 1.00 bits per heavy atom. The SMILES string of the molecule is CCn1c2ccc(C)cc2c2cc(CO)ccc21. The Kier molecular flexibility index (Phi) is 2.60. The summed E-state index contributed by atoms with van der Waals surface area (Å²) in [7, 11) is 0. The molecule has 2 aromatic carbocycles. The molecular formula is C16H17NO. The van der Waals surface area contributed by atoms with E-state index in [1.54, 1.807) is 0 Å². The average molecular weight is 239 g/mol. The van der Waals surface area contributed by atoms with Crippen molar-refractivity contribution in [3.63, 3.8) is 0 Å². The van der Waals surface area contributed by atoms with E-state index >= 15 is 0 Å². The Bertz CT molecular complexity index is 725. The summed E-state index contributed by atoms with van der Waals surface area (Å²) < 4.78 is 2.32. The van der Waals surface area contributed by atoms with Crippen molar-refractivity contribution in [3.8, 4) is 0 Å². The Morgan fingerprint density at radius 3 is 2.33 bits per heavy atom. The van der Waals surface area contributed by atoms with Crippen LogP contribution < -0.4 is 0 Å². The number of nitrogens with zero attached hydrogens (tertiary/aromatic N) is 1. The second-order valence-electron chi connectivity index (χ2n) is 4.77. The molecule has 18 heavy (non-hydrogen) atoms. The van der Waals surface area contributed by atoms with Crippen LogP contribution in [0, 0.1) is 6.92 Å². The normalized spacial score (nSPS) is 11.5. The topological polar surface area (TPSA) is 25.2 Å². The van der Waals surface area contributed by atoms with Crippen molar-refractivity contribution in [2.45, 2.75) is 27.0 Å². The first-order valence-electron chi connectivity index (χ1n) is 6.37. The van der Waals surface area contributed by atoms with E-state index in [1.807, 2.05) is 6.07 Å². The fourth-order valence-electron chi connectivity index (χ4n) is 2.70. The van der Waals surface area contributed by atoms with Crippen molar-refractivity contribution in [2.24, 2.45) is 0 Å². The standard InChI is InChI=1S/C16H17NO/c1-3-17-15-6-4-11(2)8-13(15)14-9-12(10-18)5-7-16(14)17/h4-9,18H,3,10H2,1-2H3. The summed E-state index contributed by atoms with van der Waals surface area (Å²) in [4.78, 5) is 0. The van der Waals surface area contributed by atoms with Crippen LogP contribution in [-0.4, -0.2) is 9.67 Å². The molecular weight excluding hydrogens is 222 g/mol. The van der Waals surface area contributed by atoms with Crippen LogP contribution in [0.15, 0.2) is 36.4 Å². The quantitative estimate of drug-likeness (QED) is 0.726. The number of benzene rings is 2. The molecule has 0 fully saturated rings. The number of aliphatic hydroxyl groups excluding tert-OH is 1. The lowest BCUT2D eigenvalue weighted by Crippen LogP contribution is -1.93. The highest BCUT2D eigenvalue weighted by atomic mass is 16.3. The second-order valence-corrected chi connectivity index (χ2v) is 4.77. The molecule has 0 saturated carbocycles. The summed E-state index contributed by atoms with van der Waals surface area (Å²) in [5.74, 6) is 0. The summed E-state index contributed by atoms with van der Waals surface area (Å²) in [6.07, 6.45) is 0. The molecule has 2 nitrogen and oxygen atoms in total. The summed E-state index contributed by atoms with van der Waals surface area (Å²) in [6.45, 7) is 5.34. The Balaban J connectivity index is 2.49. The van der Waals surface area contributed by atoms with Gasteiger partial charge in [0.2, 0.25) is 0 Å². The van der Waals surface area contributed by atoms with Crippen LogP contribution >= 0.6 is 0 Å². The predicted octanol–water partition coefficient (Wildman–Crippen LogP) is 3.62. The zero-order valence-corrected chi connectivity index (χ0v) is 10.8. The van der Waals surface area contributed by atoms with Crippen molar-refractivity contribution >= 4 is 21.8 Å². The maximum atomic E-state index is 9.28. The number of rotatable bonds is 2. The van der Waals surface area contributed by atoms with Gasteiger partial charge in [0, 0.05) is 28.4 Å². The lowest BCUT2D eigenvalue weighted by Gasteiger charge is -2.03. The molecule has 0 saturated heterocycles. The van der Waals surface area contributed by atoms with Gasteiger partial charge in [0.05, 0.1) is 6.61 Å². The molecule has 1 aromatic heterocycles. The van der Waals surface area contributed by atoms with Crippen LogP contribution in [0.3, 0.4) is 0 Å². The Morgan fingerprint density at radius 2 is 1.67 bits per heavy atom. The first-order chi connectivity index (χ1) is 8.74. The van der Waals surface area contributed by atoms with Gasteiger partial charge < -0.3 is 9.67 Å². The van der Waals surface area contributed by atoms with Crippen LogP contribution in [0.5, 0.6) is 0 Å². The largest absolute Gasteiger partial charge is 0.392 e. The minimum absolute atomic E-state index is 0.0978. The predicted molar refractivity (Wildman–Crippen MR) is 75.8 cm³/mol. The number of hydrogen-bond donors (Lipinski definition) is 1. The fraction of sp³-hybridized carbons (Fsp3) is 0.250. The van der Waals surface area contributed by atoms with Crippen LogP contribution in [0.2, 0.25) is 0 Å². The van der Waals surface area contributed by atoms with Gasteiger partial charge in [0.1, 0.15) is 0 Å². The first kappa shape index (κ1) is 11.3. The third kappa shape index (κ3) is 1.53. The van der Waals surface area contributed by atoms with Gasteiger partial charge in [-0.2, -0.15) is 0 Å². The van der Waals surface area contributed by atoms with Crippen LogP contribution in [0.1, 0.15) is 18.1 Å². The maximum absolute atomic E-state index is 9.28. The number of aromatic nitrogens is 1. The van der Waals surface area contributed by atoms with E-state index in [-0.39, 0.29) is 6.61 Å². The van der Waals surface area contributed by atoms with Crippen molar-refractivity contribution < 1.29 is 5.11 Å². The minimum Gasteiger partial charge on any atom is -0.392 e. The van der Waals surface area contributed by atoms with Gasteiger partial charge >= 0.3 is 0 Å². The zero-order chi connectivity index (χ0) is 12.7. The average Bonchev–Trinajstić information content (AvgIpc) is 2.71. The smallest absolute Gasteiger partial charge is 0.0682 e. The van der Waals surface area contributed by atoms with Gasteiger partial charge in [-0.3, -0.25) is 0 Å². The molecule has 1 heterocycles. The number of hydrogen-bond acceptors (Lipinski definition) is 1. The number of aliphatic hydroxyl groups is 1. The summed E-state index contributed by atoms with van der Waals surface area (Å²) >= 11 is 0. The molecule has 0 aliphatic rings. The third-order valence-corrected chi connectivity index (χ3v) is 3.58. The molecule has 1 N–H and O–H groups in total. The molecule has 0 amide bonds. The van der Waals surface area contributed by atoms with E-state index in [1.165, 1.54) is 27.4 Å². The first-order valence-corrected chi connectivity index (χ1v) is 6.37. The van der Waals surface area contributed by atoms with Gasteiger partial charge in [-0.05, 0) is 43.7 Å². The molecule has 0 unspecified atom stereocenters. The minimum atomic E-state index is 0.0978. The zero-order valence-electron chi connectivity index (χ0n) is 10.8. The van der Waals surface area contributed by atoms with Crippen molar-refractivity contribution in [1.82, 2.24) is 4.57 Å². The molecule has 0 atom stereocenters. The molecule has 2 heteroatoms. The Hall–Kier alpha value is -1.80. The molecule has 92 valence electrons. The second kappa shape index (κ2) is 4.14. The van der Waals surface area contributed by atoms with E-state index in [0.29, 0.717) is 0 Å². The molecule has 3 rings (SSSR count). The number of aryl methyl sites for hydroxylation is 2. The van der Waals surface area contributed by atoms with E-state index in [2.05, 4.69) is 48.7 Å². The van der Waals surface area contributed by atoms with Crippen LogP contribution in [0.4, 0.5) is 0 Å². The van der Waals surface area contributed by atoms with E-state index in [4.69, 9.17) is 0 Å². The molecule has 0 bridgehead atoms. The maximum Gasteiger partial charge on any atom is 0.0682 e. The number of fused-ring (bicyclic) bond motifs is 3. The highest BCUT2D eigenvalue weighted by Gasteiger charge is 2.09. The van der Waals surface area contributed by atoms with E-state index < -0.39 is 0 Å². The van der Waals surface area contributed by atoms with Gasteiger partial charge in [0.25, 0.3) is 0 Å². The van der Waals surface area contributed by atoms with Crippen molar-refractivity contribution in [3.05, 3.63) is 47.5 Å². The third-order valence-electron chi connectivity index (χ3n) is 3.58. The molecule has 3 aromatic rings. The van der Waals surface area contributed by atoms with Crippen molar-refractivity contribution in [2.75, 3.05) is 0 Å². The van der Waals surface area contributed by atoms with Crippen LogP contribution in [-0.2, 0) is 13.2 Å². The monoisotopic (exact) mass is 239 g/mol. The van der Waals surface area contributed by atoms with Gasteiger partial charge in [0.15, 0.2) is 0 Å². The molecule has 0 aliphatic heterocycles. The fourth-order valence-corrected chi connectivity index (χ4v) is 2.70. The molecule has 0 spiro atoms. The van der Waals surface area contributed by atoms with Crippen molar-refractivity contribution in [1.29, 1.82) is 0 Å². The molecule has 0 radical (unpaired) electrons. The summed E-state index contributed by atoms with van der Waals surface area (Å²) in [5.41, 5.74) is 4.76. The highest BCUT2D eigenvalue weighted by Crippen LogP contribution is 2.30. The van der Waals surface area contributed by atoms with E-state index in [9.17, 15) is 5.11 Å². The highest BCUT2D eigenvalue weighted by molar-refractivity contribution is 6.08. The lowest BCUT2D eigenvalue weighted by atomic mass is 10.1. The van der Waals surface area contributed by atoms with Gasteiger partial charge in [-0.1, -0.05) is 17.7 Å². The summed E-state index contributed by atoms with van der Waals surface area (Å²) in [5, 5.41) is 11.8. The van der Waals surface area contributed by atoms with Gasteiger partial charge in [-0.15, -0.1) is 0 Å². The molecule has 0 aliphatic carbocycles. The Labute approximate surface area is 106 Å². The summed E-state index contributed by atoms with van der Waals surface area (Å²) in [6, 6.07) is 12.8. The van der Waals surface area contributed by atoms with Crippen LogP contribution in [0.25, 0.3) is 21.8 Å².